The molecule has 0 aliphatic heterocycles. The van der Waals surface area contributed by atoms with Crippen molar-refractivity contribution in [2.24, 2.45) is 0 Å². The lowest BCUT2D eigenvalue weighted by Gasteiger charge is -2.11. The maximum absolute atomic E-state index is 12.3. The molecule has 0 aliphatic rings. The summed E-state index contributed by atoms with van der Waals surface area (Å²) in [5, 5.41) is 14.8. The van der Waals surface area contributed by atoms with E-state index in [1.54, 1.807) is 50.6 Å². The molecule has 1 heterocycles. The highest BCUT2D eigenvalue weighted by molar-refractivity contribution is 6.04. The number of nitrogens with zero attached hydrogens (tertiary/aromatic N) is 2. The van der Waals surface area contributed by atoms with Gasteiger partial charge in [-0.15, -0.1) is 0 Å². The van der Waals surface area contributed by atoms with Crippen LogP contribution in [-0.2, 0) is 6.54 Å². The quantitative estimate of drug-likeness (QED) is 0.638. The van der Waals surface area contributed by atoms with Crippen molar-refractivity contribution >= 4 is 17.4 Å². The maximum atomic E-state index is 12.3. The Morgan fingerprint density at radius 3 is 2.41 bits per heavy atom. The molecule has 0 saturated carbocycles. The molecule has 29 heavy (non-hydrogen) atoms. The summed E-state index contributed by atoms with van der Waals surface area (Å²) in [6.07, 6.45) is 1.51. The molecule has 7 nitrogen and oxygen atoms in total. The van der Waals surface area contributed by atoms with Crippen molar-refractivity contribution in [3.63, 3.8) is 0 Å². The van der Waals surface area contributed by atoms with E-state index in [0.717, 1.165) is 5.56 Å². The second-order valence-electron chi connectivity index (χ2n) is 6.12. The van der Waals surface area contributed by atoms with E-state index in [1.165, 1.54) is 6.20 Å². The first-order valence-corrected chi connectivity index (χ1v) is 8.85. The zero-order valence-corrected chi connectivity index (χ0v) is 16.1. The van der Waals surface area contributed by atoms with Gasteiger partial charge in [0.25, 0.3) is 5.91 Å². The summed E-state index contributed by atoms with van der Waals surface area (Å²) < 4.78 is 10.5. The molecule has 0 saturated heterocycles. The number of nitriles is 1. The van der Waals surface area contributed by atoms with Gasteiger partial charge in [0.2, 0.25) is 0 Å². The van der Waals surface area contributed by atoms with E-state index in [1.807, 2.05) is 24.3 Å². The van der Waals surface area contributed by atoms with E-state index < -0.39 is 0 Å². The Bertz CT molecular complexity index is 1030. The summed E-state index contributed by atoms with van der Waals surface area (Å²) in [5.41, 5.74) is 2.59. The summed E-state index contributed by atoms with van der Waals surface area (Å²) >= 11 is 0. The van der Waals surface area contributed by atoms with Crippen LogP contribution in [0.2, 0.25) is 0 Å². The third-order valence-electron chi connectivity index (χ3n) is 4.22. The minimum atomic E-state index is -0.270. The van der Waals surface area contributed by atoms with Gasteiger partial charge in [-0.3, -0.25) is 4.79 Å². The minimum Gasteiger partial charge on any atom is -0.493 e. The number of aromatic nitrogens is 1. The predicted molar refractivity (Wildman–Crippen MR) is 110 cm³/mol. The monoisotopic (exact) mass is 388 g/mol. The number of rotatable bonds is 7. The largest absolute Gasteiger partial charge is 0.493 e. The number of carbonyl (C=O) groups is 1. The lowest BCUT2D eigenvalue weighted by Crippen LogP contribution is -2.12. The Morgan fingerprint density at radius 2 is 1.79 bits per heavy atom. The molecule has 2 aromatic carbocycles. The van der Waals surface area contributed by atoms with Gasteiger partial charge in [-0.2, -0.15) is 5.26 Å². The number of carbonyl (C=O) groups excluding carboxylic acids is 1. The molecule has 0 bridgehead atoms. The molecular weight excluding hydrogens is 368 g/mol. The molecule has 0 aliphatic carbocycles. The van der Waals surface area contributed by atoms with Gasteiger partial charge in [0, 0.05) is 18.4 Å². The van der Waals surface area contributed by atoms with Crippen molar-refractivity contribution < 1.29 is 14.3 Å². The van der Waals surface area contributed by atoms with Gasteiger partial charge in [-0.25, -0.2) is 4.98 Å². The van der Waals surface area contributed by atoms with Crippen LogP contribution >= 0.6 is 0 Å². The Balaban J connectivity index is 1.59. The predicted octanol–water partition coefficient (Wildman–Crippen LogP) is 3.83. The summed E-state index contributed by atoms with van der Waals surface area (Å²) in [4.78, 5) is 16.6. The number of benzene rings is 2. The highest BCUT2D eigenvalue weighted by atomic mass is 16.5. The van der Waals surface area contributed by atoms with Crippen molar-refractivity contribution in [3.05, 3.63) is 77.5 Å². The SMILES string of the molecule is COc1ccc(CNc2ccc(C(=O)Nc3ccc(C#N)cc3)cn2)cc1OC. The number of anilines is 2. The van der Waals surface area contributed by atoms with Crippen LogP contribution in [-0.4, -0.2) is 25.1 Å². The van der Waals surface area contributed by atoms with Crippen LogP contribution in [0.25, 0.3) is 0 Å². The van der Waals surface area contributed by atoms with Crippen LogP contribution in [0.3, 0.4) is 0 Å². The zero-order chi connectivity index (χ0) is 20.6. The molecule has 146 valence electrons. The Kier molecular flexibility index (Phi) is 6.28. The van der Waals surface area contributed by atoms with E-state index in [4.69, 9.17) is 14.7 Å². The first-order valence-electron chi connectivity index (χ1n) is 8.85. The highest BCUT2D eigenvalue weighted by Crippen LogP contribution is 2.27. The van der Waals surface area contributed by atoms with E-state index in [2.05, 4.69) is 15.6 Å². The molecule has 3 aromatic rings. The third kappa shape index (κ3) is 5.02. The molecule has 1 amide bonds. The van der Waals surface area contributed by atoms with Crippen LogP contribution in [0, 0.1) is 11.3 Å². The number of amides is 1. The lowest BCUT2D eigenvalue weighted by atomic mass is 10.2. The van der Waals surface area contributed by atoms with Crippen LogP contribution in [0.15, 0.2) is 60.8 Å². The third-order valence-corrected chi connectivity index (χ3v) is 4.22. The summed E-state index contributed by atoms with van der Waals surface area (Å²) in [7, 11) is 3.19. The van der Waals surface area contributed by atoms with Gasteiger partial charge in [-0.05, 0) is 54.1 Å². The van der Waals surface area contributed by atoms with Crippen LogP contribution in [0.4, 0.5) is 11.5 Å². The van der Waals surface area contributed by atoms with E-state index in [-0.39, 0.29) is 5.91 Å². The Hall–Kier alpha value is -4.05. The molecule has 0 spiro atoms. The van der Waals surface area contributed by atoms with Gasteiger partial charge in [0.1, 0.15) is 5.82 Å². The van der Waals surface area contributed by atoms with Crippen molar-refractivity contribution in [2.75, 3.05) is 24.9 Å². The van der Waals surface area contributed by atoms with Crippen LogP contribution in [0.5, 0.6) is 11.5 Å². The average molecular weight is 388 g/mol. The number of hydrogen-bond acceptors (Lipinski definition) is 6. The number of methoxy groups -OCH3 is 2. The highest BCUT2D eigenvalue weighted by Gasteiger charge is 2.08. The summed E-state index contributed by atoms with van der Waals surface area (Å²) in [6.45, 7) is 0.546. The molecule has 3 rings (SSSR count). The first-order chi connectivity index (χ1) is 14.1. The van der Waals surface area contributed by atoms with E-state index >= 15 is 0 Å². The standard InChI is InChI=1S/C22H20N4O3/c1-28-19-9-5-16(11-20(19)29-2)13-24-21-10-6-17(14-25-21)22(27)26-18-7-3-15(12-23)4-8-18/h3-11,14H,13H2,1-2H3,(H,24,25)(H,26,27). The maximum Gasteiger partial charge on any atom is 0.257 e. The smallest absolute Gasteiger partial charge is 0.257 e. The fourth-order valence-electron chi connectivity index (χ4n) is 2.65. The lowest BCUT2D eigenvalue weighted by molar-refractivity contribution is 0.102. The van der Waals surface area contributed by atoms with Gasteiger partial charge in [-0.1, -0.05) is 6.07 Å². The van der Waals surface area contributed by atoms with Gasteiger partial charge in [0.15, 0.2) is 11.5 Å². The molecule has 0 fully saturated rings. The average Bonchev–Trinajstić information content (AvgIpc) is 2.78. The molecule has 0 atom stereocenters. The topological polar surface area (TPSA) is 96.3 Å². The normalized spacial score (nSPS) is 9.97. The molecule has 7 heteroatoms. The number of pyridine rings is 1. The molecule has 1 aromatic heterocycles. The molecule has 0 unspecified atom stereocenters. The van der Waals surface area contributed by atoms with Crippen molar-refractivity contribution in [1.29, 1.82) is 5.26 Å². The second-order valence-corrected chi connectivity index (χ2v) is 6.12. The van der Waals surface area contributed by atoms with Gasteiger partial charge >= 0.3 is 0 Å². The number of ether oxygens (including phenoxy) is 2. The van der Waals surface area contributed by atoms with E-state index in [9.17, 15) is 4.79 Å². The first kappa shape index (κ1) is 19.7. The number of hydrogen-bond donors (Lipinski definition) is 2. The fraction of sp³-hybridized carbons (Fsp3) is 0.136. The van der Waals surface area contributed by atoms with Crippen LogP contribution in [0.1, 0.15) is 21.5 Å². The van der Waals surface area contributed by atoms with Crippen LogP contribution < -0.4 is 20.1 Å². The van der Waals surface area contributed by atoms with Crippen molar-refractivity contribution in [3.8, 4) is 17.6 Å². The molecule has 2 N–H and O–H groups in total. The minimum absolute atomic E-state index is 0.270. The summed E-state index contributed by atoms with van der Waals surface area (Å²) in [6, 6.07) is 17.8. The Morgan fingerprint density at radius 1 is 1.03 bits per heavy atom. The zero-order valence-electron chi connectivity index (χ0n) is 16.1. The van der Waals surface area contributed by atoms with Gasteiger partial charge < -0.3 is 20.1 Å². The van der Waals surface area contributed by atoms with Crippen molar-refractivity contribution in [1.82, 2.24) is 4.98 Å². The summed E-state index contributed by atoms with van der Waals surface area (Å²) in [5.74, 6) is 1.71. The van der Waals surface area contributed by atoms with E-state index in [0.29, 0.717) is 40.7 Å². The second kappa shape index (κ2) is 9.24. The molecule has 0 radical (unpaired) electrons. The molecular formula is C22H20N4O3. The fourth-order valence-corrected chi connectivity index (χ4v) is 2.65. The van der Waals surface area contributed by atoms with Crippen molar-refractivity contribution in [2.45, 2.75) is 6.54 Å². The Labute approximate surface area is 168 Å². The van der Waals surface area contributed by atoms with Gasteiger partial charge in [0.05, 0.1) is 31.4 Å². The number of nitrogens with one attached hydrogen (secondary N) is 2.